The Kier molecular flexibility index (Phi) is 21.1. The molecular formula is C16H36Cl4Sn2. The maximum atomic E-state index is 6.27. The fraction of sp³-hybridized carbons (Fsp3) is 1.00. The van der Waals surface area contributed by atoms with E-state index in [2.05, 4.69) is 27.7 Å². The maximum absolute atomic E-state index is 6.27. The van der Waals surface area contributed by atoms with Crippen LogP contribution in [0.15, 0.2) is 0 Å². The SMILES string of the molecule is CCC[CH2][Sn]([Cl])([Cl])[CH2]CCC.CCC[CH2][Sn]([Cl])([Cl])[CH2]CCC. The van der Waals surface area contributed by atoms with Crippen molar-refractivity contribution in [3.8, 4) is 0 Å². The van der Waals surface area contributed by atoms with Crippen molar-refractivity contribution in [2.24, 2.45) is 0 Å². The van der Waals surface area contributed by atoms with E-state index in [1.54, 1.807) is 0 Å². The molecule has 0 fully saturated rings. The molecule has 136 valence electrons. The van der Waals surface area contributed by atoms with Gasteiger partial charge < -0.3 is 0 Å². The van der Waals surface area contributed by atoms with E-state index < -0.39 is 32.2 Å². The average molecular weight is 608 g/mol. The molecule has 0 N–H and O–H groups in total. The Morgan fingerprint density at radius 3 is 0.773 bits per heavy atom. The van der Waals surface area contributed by atoms with Crippen LogP contribution in [-0.2, 0) is 0 Å². The van der Waals surface area contributed by atoms with Gasteiger partial charge in [0.05, 0.1) is 0 Å². The van der Waals surface area contributed by atoms with Gasteiger partial charge >= 0.3 is 165 Å². The molecule has 0 heterocycles. The molecule has 0 aromatic carbocycles. The molecule has 6 heteroatoms. The Hall–Kier alpha value is 2.76. The number of hydrogen-bond donors (Lipinski definition) is 0. The van der Waals surface area contributed by atoms with Gasteiger partial charge in [0, 0.05) is 0 Å². The van der Waals surface area contributed by atoms with Crippen LogP contribution in [0, 0.1) is 0 Å². The van der Waals surface area contributed by atoms with Crippen LogP contribution in [0.1, 0.15) is 79.1 Å². The standard InChI is InChI=1S/4C4H9.4ClH.2Sn/c4*1-3-4-2;;;;;;/h4*1,3-4H2,2H3;4*1H;;/q;;;;;;;;2*+2/p-4. The number of rotatable bonds is 12. The van der Waals surface area contributed by atoms with E-state index in [1.807, 2.05) is 0 Å². The van der Waals surface area contributed by atoms with E-state index in [-0.39, 0.29) is 0 Å². The Morgan fingerprint density at radius 1 is 0.455 bits per heavy atom. The van der Waals surface area contributed by atoms with Crippen LogP contribution in [0.25, 0.3) is 0 Å². The number of halogens is 4. The molecule has 0 amide bonds. The Bertz CT molecular complexity index is 192. The summed E-state index contributed by atoms with van der Waals surface area (Å²) in [4.78, 5) is 0. The van der Waals surface area contributed by atoms with Gasteiger partial charge in [-0.2, -0.15) is 0 Å². The summed E-state index contributed by atoms with van der Waals surface area (Å²) in [5.41, 5.74) is 0. The fourth-order valence-electron chi connectivity index (χ4n) is 1.99. The van der Waals surface area contributed by atoms with Crippen molar-refractivity contribution >= 4 is 67.9 Å². The van der Waals surface area contributed by atoms with Gasteiger partial charge in [-0.3, -0.25) is 0 Å². The minimum absolute atomic E-state index is 1.15. The van der Waals surface area contributed by atoms with Crippen LogP contribution < -0.4 is 0 Å². The van der Waals surface area contributed by atoms with E-state index in [1.165, 1.54) is 51.4 Å². The van der Waals surface area contributed by atoms with Gasteiger partial charge in [0.2, 0.25) is 0 Å². The van der Waals surface area contributed by atoms with Crippen LogP contribution in [0.5, 0.6) is 0 Å². The van der Waals surface area contributed by atoms with Crippen molar-refractivity contribution in [1.82, 2.24) is 0 Å². The minimum atomic E-state index is -2.49. The first-order chi connectivity index (χ1) is 10.2. The number of unbranched alkanes of at least 4 members (excludes halogenated alkanes) is 4. The van der Waals surface area contributed by atoms with Gasteiger partial charge in [-0.15, -0.1) is 0 Å². The molecule has 0 aliphatic heterocycles. The fourth-order valence-corrected chi connectivity index (χ4v) is 20.5. The quantitative estimate of drug-likeness (QED) is 0.194. The Balaban J connectivity index is 0. The molecular weight excluding hydrogens is 571 g/mol. The monoisotopic (exact) mass is 608 g/mol. The van der Waals surface area contributed by atoms with Crippen molar-refractivity contribution in [1.29, 1.82) is 0 Å². The third-order valence-electron chi connectivity index (χ3n) is 3.58. The molecule has 0 unspecified atom stereocenters. The Labute approximate surface area is 163 Å². The van der Waals surface area contributed by atoms with Gasteiger partial charge in [-0.1, -0.05) is 0 Å². The molecule has 0 saturated heterocycles. The zero-order valence-corrected chi connectivity index (χ0v) is 23.7. The van der Waals surface area contributed by atoms with Gasteiger partial charge in [0.15, 0.2) is 0 Å². The van der Waals surface area contributed by atoms with Crippen molar-refractivity contribution in [3.63, 3.8) is 0 Å². The molecule has 0 aliphatic rings. The van der Waals surface area contributed by atoms with E-state index >= 15 is 0 Å². The van der Waals surface area contributed by atoms with Crippen LogP contribution in [-0.4, -0.2) is 32.2 Å². The normalized spacial score (nSPS) is 12.0. The molecule has 0 aromatic heterocycles. The van der Waals surface area contributed by atoms with Gasteiger partial charge in [0.25, 0.3) is 0 Å². The van der Waals surface area contributed by atoms with Crippen molar-refractivity contribution in [3.05, 3.63) is 0 Å². The zero-order valence-electron chi connectivity index (χ0n) is 15.0. The summed E-state index contributed by atoms with van der Waals surface area (Å²) in [7, 11) is 25.1. The molecule has 0 saturated carbocycles. The second-order valence-corrected chi connectivity index (χ2v) is 43.6. The first-order valence-corrected chi connectivity index (χ1v) is 31.5. The van der Waals surface area contributed by atoms with Gasteiger partial charge in [-0.25, -0.2) is 0 Å². The van der Waals surface area contributed by atoms with Crippen molar-refractivity contribution in [2.45, 2.75) is 96.8 Å². The van der Waals surface area contributed by atoms with Crippen molar-refractivity contribution < 1.29 is 0 Å². The average Bonchev–Trinajstić information content (AvgIpc) is 2.48. The predicted molar refractivity (Wildman–Crippen MR) is 114 cm³/mol. The van der Waals surface area contributed by atoms with Crippen LogP contribution >= 0.6 is 35.7 Å². The third kappa shape index (κ3) is 20.8. The van der Waals surface area contributed by atoms with Crippen LogP contribution in [0.3, 0.4) is 0 Å². The summed E-state index contributed by atoms with van der Waals surface area (Å²) in [6, 6.07) is 0. The molecule has 0 aliphatic carbocycles. The van der Waals surface area contributed by atoms with E-state index in [0.717, 1.165) is 17.7 Å². The van der Waals surface area contributed by atoms with E-state index in [4.69, 9.17) is 35.7 Å². The Morgan fingerprint density at radius 2 is 0.636 bits per heavy atom. The van der Waals surface area contributed by atoms with Gasteiger partial charge in [0.1, 0.15) is 0 Å². The first kappa shape index (κ1) is 27.0. The molecule has 0 spiro atoms. The summed E-state index contributed by atoms with van der Waals surface area (Å²) in [6.45, 7) is 8.76. The molecule has 0 bridgehead atoms. The third-order valence-corrected chi connectivity index (χ3v) is 26.1. The summed E-state index contributed by atoms with van der Waals surface area (Å²) in [5.74, 6) is 0. The van der Waals surface area contributed by atoms with Crippen LogP contribution in [0.2, 0.25) is 17.7 Å². The molecule has 0 radical (unpaired) electrons. The van der Waals surface area contributed by atoms with Crippen LogP contribution in [0.4, 0.5) is 0 Å². The van der Waals surface area contributed by atoms with Gasteiger partial charge in [-0.05, 0) is 0 Å². The molecule has 0 atom stereocenters. The van der Waals surface area contributed by atoms with E-state index in [9.17, 15) is 0 Å². The molecule has 0 rings (SSSR count). The summed E-state index contributed by atoms with van der Waals surface area (Å²) < 4.78 is 4.59. The zero-order chi connectivity index (χ0) is 17.5. The molecule has 22 heavy (non-hydrogen) atoms. The second-order valence-electron chi connectivity index (χ2n) is 6.13. The molecule has 0 aromatic rings. The van der Waals surface area contributed by atoms with Crippen molar-refractivity contribution in [2.75, 3.05) is 0 Å². The summed E-state index contributed by atoms with van der Waals surface area (Å²) in [6.07, 6.45) is 9.82. The molecule has 0 nitrogen and oxygen atoms in total. The topological polar surface area (TPSA) is 0 Å². The van der Waals surface area contributed by atoms with E-state index in [0.29, 0.717) is 0 Å². The second kappa shape index (κ2) is 17.2. The first-order valence-electron chi connectivity index (χ1n) is 9.00. The number of hydrogen-bond acceptors (Lipinski definition) is 0. The summed E-state index contributed by atoms with van der Waals surface area (Å²) in [5, 5.41) is 0. The summed E-state index contributed by atoms with van der Waals surface area (Å²) >= 11 is -4.98. The predicted octanol–water partition coefficient (Wildman–Crippen LogP) is 9.01.